The Hall–Kier alpha value is -0.630. The molecule has 0 aromatic carbocycles. The highest BCUT2D eigenvalue weighted by atomic mass is 35.5. The van der Waals surface area contributed by atoms with Gasteiger partial charge in [0.1, 0.15) is 0 Å². The number of carbonyl (C=O) groups is 1. The van der Waals surface area contributed by atoms with Gasteiger partial charge in [0.05, 0.1) is 5.02 Å². The second kappa shape index (κ2) is 5.87. The van der Waals surface area contributed by atoms with Gasteiger partial charge < -0.3 is 4.90 Å². The lowest BCUT2D eigenvalue weighted by atomic mass is 10.1. The molecule has 1 saturated carbocycles. The Morgan fingerprint density at radius 1 is 1.29 bits per heavy atom. The van der Waals surface area contributed by atoms with Crippen molar-refractivity contribution in [2.24, 2.45) is 5.92 Å². The number of rotatable bonds is 4. The first kappa shape index (κ1) is 15.3. The molecule has 0 atom stereocenters. The highest BCUT2D eigenvalue weighted by Gasteiger charge is 2.35. The Labute approximate surface area is 133 Å². The fourth-order valence-electron chi connectivity index (χ4n) is 2.55. The standard InChI is InChI=1S/C13H17ClN2O3S2/c14-11-5-8-20-13(11)21(18,19)15-10-3-6-16(7-4-10)12(17)9-1-2-9/h5,8-10,15H,1-4,6-7H2. The Bertz CT molecular complexity index is 632. The molecule has 2 heterocycles. The number of sulfonamides is 1. The van der Waals surface area contributed by atoms with Crippen LogP contribution in [0.2, 0.25) is 5.02 Å². The number of hydrogen-bond acceptors (Lipinski definition) is 4. The van der Waals surface area contributed by atoms with Gasteiger partial charge in [0.25, 0.3) is 10.0 Å². The van der Waals surface area contributed by atoms with Crippen LogP contribution in [0.5, 0.6) is 0 Å². The molecule has 3 rings (SSSR count). The van der Waals surface area contributed by atoms with Crippen molar-refractivity contribution in [3.8, 4) is 0 Å². The molecular formula is C13H17ClN2O3S2. The second-order valence-corrected chi connectivity index (χ2v) is 8.78. The summed E-state index contributed by atoms with van der Waals surface area (Å²) in [6, 6.07) is 1.45. The molecule has 2 aliphatic rings. The van der Waals surface area contributed by atoms with E-state index in [1.54, 1.807) is 11.4 Å². The summed E-state index contributed by atoms with van der Waals surface area (Å²) in [6.45, 7) is 1.25. The van der Waals surface area contributed by atoms with E-state index in [1.165, 1.54) is 0 Å². The summed E-state index contributed by atoms with van der Waals surface area (Å²) in [6.07, 6.45) is 3.31. The van der Waals surface area contributed by atoms with Crippen molar-refractivity contribution in [2.75, 3.05) is 13.1 Å². The van der Waals surface area contributed by atoms with Crippen LogP contribution in [0.15, 0.2) is 15.7 Å². The Morgan fingerprint density at radius 2 is 1.95 bits per heavy atom. The van der Waals surface area contributed by atoms with Crippen molar-refractivity contribution in [2.45, 2.75) is 35.9 Å². The average molecular weight is 349 g/mol. The van der Waals surface area contributed by atoms with Crippen LogP contribution < -0.4 is 4.72 Å². The normalized spacial score (nSPS) is 20.7. The summed E-state index contributed by atoms with van der Waals surface area (Å²) in [7, 11) is -3.56. The summed E-state index contributed by atoms with van der Waals surface area (Å²) in [5.41, 5.74) is 0. The lowest BCUT2D eigenvalue weighted by Gasteiger charge is -2.32. The van der Waals surface area contributed by atoms with Crippen LogP contribution in [0.3, 0.4) is 0 Å². The molecule has 8 heteroatoms. The molecule has 1 aromatic rings. The number of halogens is 1. The monoisotopic (exact) mass is 348 g/mol. The zero-order valence-corrected chi connectivity index (χ0v) is 13.8. The van der Waals surface area contributed by atoms with Gasteiger partial charge in [0, 0.05) is 25.0 Å². The van der Waals surface area contributed by atoms with Gasteiger partial charge in [-0.2, -0.15) is 0 Å². The Balaban J connectivity index is 1.58. The second-order valence-electron chi connectivity index (χ2n) is 5.55. The first-order chi connectivity index (χ1) is 9.97. The molecule has 0 radical (unpaired) electrons. The lowest BCUT2D eigenvalue weighted by Crippen LogP contribution is -2.46. The quantitative estimate of drug-likeness (QED) is 0.905. The molecule has 116 valence electrons. The van der Waals surface area contributed by atoms with Crippen molar-refractivity contribution in [1.82, 2.24) is 9.62 Å². The van der Waals surface area contributed by atoms with Crippen LogP contribution >= 0.6 is 22.9 Å². The van der Waals surface area contributed by atoms with Gasteiger partial charge in [-0.15, -0.1) is 11.3 Å². The van der Waals surface area contributed by atoms with E-state index in [1.807, 2.05) is 4.90 Å². The smallest absolute Gasteiger partial charge is 0.251 e. The van der Waals surface area contributed by atoms with Gasteiger partial charge in [0.2, 0.25) is 5.91 Å². The minimum Gasteiger partial charge on any atom is -0.342 e. The Kier molecular flexibility index (Phi) is 4.27. The number of hydrogen-bond donors (Lipinski definition) is 1. The maximum Gasteiger partial charge on any atom is 0.251 e. The first-order valence-corrected chi connectivity index (χ1v) is 9.75. The summed E-state index contributed by atoms with van der Waals surface area (Å²) < 4.78 is 27.4. The van der Waals surface area contributed by atoms with Gasteiger partial charge in [-0.25, -0.2) is 13.1 Å². The van der Waals surface area contributed by atoms with Crippen LogP contribution in [0.25, 0.3) is 0 Å². The van der Waals surface area contributed by atoms with E-state index in [0.717, 1.165) is 24.2 Å². The number of carbonyl (C=O) groups excluding carboxylic acids is 1. The van der Waals surface area contributed by atoms with Crippen LogP contribution in [0.4, 0.5) is 0 Å². The fraction of sp³-hybridized carbons (Fsp3) is 0.615. The number of nitrogens with one attached hydrogen (secondary N) is 1. The fourth-order valence-corrected chi connectivity index (χ4v) is 5.56. The van der Waals surface area contributed by atoms with E-state index >= 15 is 0 Å². The van der Waals surface area contributed by atoms with Crippen LogP contribution in [-0.2, 0) is 14.8 Å². The third-order valence-electron chi connectivity index (χ3n) is 3.88. The molecule has 1 aromatic heterocycles. The molecular weight excluding hydrogens is 332 g/mol. The van der Waals surface area contributed by atoms with E-state index in [2.05, 4.69) is 4.72 Å². The minimum atomic E-state index is -3.56. The predicted octanol–water partition coefficient (Wildman–Crippen LogP) is 2.08. The van der Waals surface area contributed by atoms with E-state index in [9.17, 15) is 13.2 Å². The van der Waals surface area contributed by atoms with Crippen molar-refractivity contribution >= 4 is 38.9 Å². The maximum absolute atomic E-state index is 12.3. The average Bonchev–Trinajstić information content (AvgIpc) is 3.20. The van der Waals surface area contributed by atoms with Crippen LogP contribution in [0.1, 0.15) is 25.7 Å². The predicted molar refractivity (Wildman–Crippen MR) is 82.0 cm³/mol. The molecule has 1 aliphatic heterocycles. The molecule has 1 aliphatic carbocycles. The van der Waals surface area contributed by atoms with Gasteiger partial charge in [-0.3, -0.25) is 4.79 Å². The van der Waals surface area contributed by atoms with Crippen molar-refractivity contribution in [1.29, 1.82) is 0 Å². The van der Waals surface area contributed by atoms with Gasteiger partial charge in [-0.05, 0) is 37.1 Å². The Morgan fingerprint density at radius 3 is 2.48 bits per heavy atom. The molecule has 1 saturated heterocycles. The number of piperidine rings is 1. The SMILES string of the molecule is O=C(C1CC1)N1CCC(NS(=O)(=O)c2sccc2Cl)CC1. The van der Waals surface area contributed by atoms with Crippen molar-refractivity contribution in [3.05, 3.63) is 16.5 Å². The third kappa shape index (κ3) is 3.41. The number of nitrogens with zero attached hydrogens (tertiary/aromatic N) is 1. The van der Waals surface area contributed by atoms with Crippen molar-refractivity contribution in [3.63, 3.8) is 0 Å². The zero-order chi connectivity index (χ0) is 15.0. The largest absolute Gasteiger partial charge is 0.342 e. The van der Waals surface area contributed by atoms with Crippen LogP contribution in [-0.4, -0.2) is 38.4 Å². The lowest BCUT2D eigenvalue weighted by molar-refractivity contribution is -0.133. The van der Waals surface area contributed by atoms with E-state index in [0.29, 0.717) is 25.9 Å². The zero-order valence-electron chi connectivity index (χ0n) is 11.4. The molecule has 1 N–H and O–H groups in total. The number of amides is 1. The topological polar surface area (TPSA) is 66.5 Å². The molecule has 21 heavy (non-hydrogen) atoms. The van der Waals surface area contributed by atoms with E-state index in [4.69, 9.17) is 11.6 Å². The van der Waals surface area contributed by atoms with Crippen LogP contribution in [0, 0.1) is 5.92 Å². The number of thiophene rings is 1. The summed E-state index contributed by atoms with van der Waals surface area (Å²) >= 11 is 7.00. The summed E-state index contributed by atoms with van der Waals surface area (Å²) in [4.78, 5) is 13.8. The summed E-state index contributed by atoms with van der Waals surface area (Å²) in [5, 5.41) is 1.92. The van der Waals surface area contributed by atoms with Gasteiger partial charge in [0.15, 0.2) is 4.21 Å². The number of likely N-dealkylation sites (tertiary alicyclic amines) is 1. The maximum atomic E-state index is 12.3. The molecule has 5 nitrogen and oxygen atoms in total. The van der Waals surface area contributed by atoms with E-state index < -0.39 is 10.0 Å². The molecule has 0 spiro atoms. The van der Waals surface area contributed by atoms with Gasteiger partial charge >= 0.3 is 0 Å². The molecule has 0 bridgehead atoms. The highest BCUT2D eigenvalue weighted by molar-refractivity contribution is 7.91. The van der Waals surface area contributed by atoms with Gasteiger partial charge in [-0.1, -0.05) is 11.6 Å². The highest BCUT2D eigenvalue weighted by Crippen LogP contribution is 2.32. The minimum absolute atomic E-state index is 0.128. The summed E-state index contributed by atoms with van der Waals surface area (Å²) in [5.74, 6) is 0.459. The molecule has 0 unspecified atom stereocenters. The molecule has 2 fully saturated rings. The van der Waals surface area contributed by atoms with E-state index in [-0.39, 0.29) is 27.1 Å². The van der Waals surface area contributed by atoms with Crippen molar-refractivity contribution < 1.29 is 13.2 Å². The molecule has 1 amide bonds. The third-order valence-corrected chi connectivity index (χ3v) is 7.43. The first-order valence-electron chi connectivity index (χ1n) is 7.01.